The molecule has 1 N–H and O–H groups in total. The zero-order valence-corrected chi connectivity index (χ0v) is 20.9. The molecule has 2 aromatic carbocycles. The van der Waals surface area contributed by atoms with Gasteiger partial charge in [-0.2, -0.15) is 13.2 Å². The lowest BCUT2D eigenvalue weighted by Gasteiger charge is -2.22. The lowest BCUT2D eigenvalue weighted by atomic mass is 10.1. The van der Waals surface area contributed by atoms with Crippen molar-refractivity contribution < 1.29 is 40.7 Å². The van der Waals surface area contributed by atoms with Crippen molar-refractivity contribution in [1.29, 1.82) is 0 Å². The average Bonchev–Trinajstić information content (AvgIpc) is 3.49. The molecule has 1 saturated carbocycles. The van der Waals surface area contributed by atoms with Crippen molar-refractivity contribution in [3.63, 3.8) is 0 Å². The number of anilines is 3. The quantitative estimate of drug-likeness (QED) is 0.447. The molecule has 1 aliphatic carbocycles. The maximum atomic E-state index is 13.5. The molecule has 3 aromatic rings. The number of benzene rings is 2. The van der Waals surface area contributed by atoms with Gasteiger partial charge in [0.2, 0.25) is 0 Å². The molecule has 4 amide bonds. The number of rotatable bonds is 5. The van der Waals surface area contributed by atoms with Crippen molar-refractivity contribution in [2.45, 2.75) is 29.3 Å². The van der Waals surface area contributed by atoms with Gasteiger partial charge in [-0.05, 0) is 54.8 Å². The highest BCUT2D eigenvalue weighted by atomic mass is 32.2. The van der Waals surface area contributed by atoms with Crippen LogP contribution in [0.4, 0.5) is 40.0 Å². The number of carbonyl (C=O) groups is 3. The van der Waals surface area contributed by atoms with E-state index < -0.39 is 43.8 Å². The first-order valence-corrected chi connectivity index (χ1v) is 12.9. The van der Waals surface area contributed by atoms with E-state index in [1.165, 1.54) is 23.2 Å². The molecule has 14 heteroatoms. The standard InChI is InChI=1S/C25H19F3N4O6S/c1-15-14-24(15)21(33)31(16-7-9-19(10-8-16)39(36,37)25(26,27)28)23(35)32(24)17-11-12-29-20(13-17)30-22(34)38-18-5-3-2-4-6-18/h2-13,15H,14H2,1H3,(H,29,30,34). The second kappa shape index (κ2) is 9.08. The number of sulfone groups is 1. The van der Waals surface area contributed by atoms with Gasteiger partial charge in [0.1, 0.15) is 17.1 Å². The van der Waals surface area contributed by atoms with Crippen molar-refractivity contribution in [1.82, 2.24) is 4.98 Å². The number of para-hydroxylation sites is 1. The van der Waals surface area contributed by atoms with Crippen molar-refractivity contribution in [2.75, 3.05) is 15.1 Å². The summed E-state index contributed by atoms with van der Waals surface area (Å²) < 4.78 is 67.3. The topological polar surface area (TPSA) is 126 Å². The Morgan fingerprint density at radius 1 is 1.05 bits per heavy atom. The summed E-state index contributed by atoms with van der Waals surface area (Å²) in [6.07, 6.45) is 0.806. The zero-order chi connectivity index (χ0) is 28.2. The van der Waals surface area contributed by atoms with Crippen LogP contribution in [0.1, 0.15) is 13.3 Å². The lowest BCUT2D eigenvalue weighted by molar-refractivity contribution is -0.119. The molecule has 39 heavy (non-hydrogen) atoms. The van der Waals surface area contributed by atoms with E-state index in [9.17, 15) is 36.0 Å². The van der Waals surface area contributed by atoms with Crippen LogP contribution in [-0.4, -0.2) is 42.5 Å². The van der Waals surface area contributed by atoms with E-state index in [2.05, 4.69) is 10.3 Å². The Balaban J connectivity index is 1.42. The van der Waals surface area contributed by atoms with Gasteiger partial charge in [-0.15, -0.1) is 0 Å². The van der Waals surface area contributed by atoms with Gasteiger partial charge < -0.3 is 4.74 Å². The first-order valence-electron chi connectivity index (χ1n) is 11.5. The Morgan fingerprint density at radius 2 is 1.69 bits per heavy atom. The third-order valence-corrected chi connectivity index (χ3v) is 8.03. The van der Waals surface area contributed by atoms with Crippen LogP contribution in [-0.2, 0) is 14.6 Å². The van der Waals surface area contributed by atoms with Gasteiger partial charge in [-0.25, -0.2) is 27.9 Å². The fourth-order valence-electron chi connectivity index (χ4n) is 4.49. The summed E-state index contributed by atoms with van der Waals surface area (Å²) in [7, 11) is -5.60. The van der Waals surface area contributed by atoms with E-state index >= 15 is 0 Å². The molecule has 0 radical (unpaired) electrons. The van der Waals surface area contributed by atoms with Crippen molar-refractivity contribution in [3.05, 3.63) is 72.9 Å². The number of nitrogens with one attached hydrogen (secondary N) is 1. The summed E-state index contributed by atoms with van der Waals surface area (Å²) >= 11 is 0. The van der Waals surface area contributed by atoms with Crippen LogP contribution in [0.15, 0.2) is 77.8 Å². The number of nitrogens with zero attached hydrogens (tertiary/aromatic N) is 3. The highest BCUT2D eigenvalue weighted by Gasteiger charge is 2.70. The van der Waals surface area contributed by atoms with Crippen LogP contribution in [0, 0.1) is 5.92 Å². The largest absolute Gasteiger partial charge is 0.501 e. The van der Waals surface area contributed by atoms with Gasteiger partial charge in [0.15, 0.2) is 0 Å². The van der Waals surface area contributed by atoms with Crippen LogP contribution in [0.25, 0.3) is 0 Å². The minimum atomic E-state index is -5.60. The van der Waals surface area contributed by atoms with Crippen LogP contribution >= 0.6 is 0 Å². The van der Waals surface area contributed by atoms with Crippen LogP contribution in [0.3, 0.4) is 0 Å². The lowest BCUT2D eigenvalue weighted by Crippen LogP contribution is -2.39. The number of hydrogen-bond donors (Lipinski definition) is 1. The first kappa shape index (κ1) is 26.2. The molecule has 2 atom stereocenters. The molecule has 1 spiro atoms. The fourth-order valence-corrected chi connectivity index (χ4v) is 5.26. The maximum absolute atomic E-state index is 13.5. The Hall–Kier alpha value is -4.46. The summed E-state index contributed by atoms with van der Waals surface area (Å²) in [5.74, 6) is -0.531. The van der Waals surface area contributed by atoms with E-state index in [1.54, 1.807) is 37.3 Å². The number of alkyl halides is 3. The fraction of sp³-hybridized carbons (Fsp3) is 0.200. The molecule has 10 nitrogen and oxygen atoms in total. The molecule has 2 heterocycles. The number of aromatic nitrogens is 1. The molecule has 2 aliphatic rings. The molecule has 2 fully saturated rings. The van der Waals surface area contributed by atoms with Crippen LogP contribution in [0.5, 0.6) is 5.75 Å². The summed E-state index contributed by atoms with van der Waals surface area (Å²) in [6, 6.07) is 13.7. The molecule has 0 bridgehead atoms. The van der Waals surface area contributed by atoms with Gasteiger partial charge in [0.05, 0.1) is 16.3 Å². The smallest absolute Gasteiger partial charge is 0.410 e. The van der Waals surface area contributed by atoms with Crippen molar-refractivity contribution >= 4 is 45.1 Å². The number of hydrogen-bond acceptors (Lipinski definition) is 7. The number of imide groups is 1. The Kier molecular flexibility index (Phi) is 6.09. The monoisotopic (exact) mass is 560 g/mol. The van der Waals surface area contributed by atoms with E-state index in [0.29, 0.717) is 24.3 Å². The minimum absolute atomic E-state index is 0.0392. The summed E-state index contributed by atoms with van der Waals surface area (Å²) in [5.41, 5.74) is -6.61. The number of amides is 4. The third-order valence-electron chi connectivity index (χ3n) is 6.52. The second-order valence-corrected chi connectivity index (χ2v) is 10.9. The number of ether oxygens (including phenoxy) is 1. The predicted molar refractivity (Wildman–Crippen MR) is 132 cm³/mol. The Morgan fingerprint density at radius 3 is 2.28 bits per heavy atom. The highest BCUT2D eigenvalue weighted by molar-refractivity contribution is 7.92. The molecule has 1 saturated heterocycles. The van der Waals surface area contributed by atoms with Crippen LogP contribution < -0.4 is 19.9 Å². The Bertz CT molecular complexity index is 1580. The second-order valence-electron chi connectivity index (χ2n) is 8.96. The van der Waals surface area contributed by atoms with Gasteiger partial charge in [0, 0.05) is 12.3 Å². The molecule has 202 valence electrons. The van der Waals surface area contributed by atoms with Crippen molar-refractivity contribution in [2.24, 2.45) is 5.92 Å². The molecular weight excluding hydrogens is 541 g/mol. The van der Waals surface area contributed by atoms with Gasteiger partial charge in [-0.3, -0.25) is 15.0 Å². The van der Waals surface area contributed by atoms with E-state index in [-0.39, 0.29) is 23.1 Å². The van der Waals surface area contributed by atoms with Gasteiger partial charge in [0.25, 0.3) is 15.7 Å². The predicted octanol–water partition coefficient (Wildman–Crippen LogP) is 4.74. The number of pyridine rings is 1. The maximum Gasteiger partial charge on any atom is 0.501 e. The SMILES string of the molecule is CC1CC12C(=O)N(c1ccc(S(=O)(=O)C(F)(F)F)cc1)C(=O)N2c1ccnc(NC(=O)Oc2ccccc2)c1. The Labute approximate surface area is 219 Å². The van der Waals surface area contributed by atoms with Gasteiger partial charge >= 0.3 is 17.6 Å². The summed E-state index contributed by atoms with van der Waals surface area (Å²) in [6.45, 7) is 1.76. The molecular formula is C25H19F3N4O6S. The number of urea groups is 1. The average molecular weight is 561 g/mol. The van der Waals surface area contributed by atoms with Gasteiger partial charge in [-0.1, -0.05) is 25.1 Å². The third kappa shape index (κ3) is 4.35. The van der Waals surface area contributed by atoms with E-state index in [4.69, 9.17) is 4.74 Å². The van der Waals surface area contributed by atoms with E-state index in [0.717, 1.165) is 17.0 Å². The normalized spacial score (nSPS) is 20.9. The summed E-state index contributed by atoms with van der Waals surface area (Å²) in [4.78, 5) is 44.4. The van der Waals surface area contributed by atoms with Crippen LogP contribution in [0.2, 0.25) is 0 Å². The molecule has 2 unspecified atom stereocenters. The molecule has 1 aromatic heterocycles. The molecule has 5 rings (SSSR count). The van der Waals surface area contributed by atoms with Crippen molar-refractivity contribution in [3.8, 4) is 5.75 Å². The zero-order valence-electron chi connectivity index (χ0n) is 20.0. The first-order chi connectivity index (χ1) is 18.4. The minimum Gasteiger partial charge on any atom is -0.410 e. The van der Waals surface area contributed by atoms with E-state index in [1.807, 2.05) is 0 Å². The number of halogens is 3. The number of carbonyl (C=O) groups excluding carboxylic acids is 3. The summed E-state index contributed by atoms with van der Waals surface area (Å²) in [5, 5.41) is 2.46. The molecule has 1 aliphatic heterocycles. The highest BCUT2D eigenvalue weighted by Crippen LogP contribution is 2.55.